The molecular weight excluding hydrogens is 329 g/mol. The number of rotatable bonds is 4. The summed E-state index contributed by atoms with van der Waals surface area (Å²) in [4.78, 5) is 8.21. The van der Waals surface area contributed by atoms with Crippen LogP contribution in [-0.2, 0) is 0 Å². The molecule has 2 aromatic rings. The Labute approximate surface area is 113 Å². The Morgan fingerprint density at radius 2 is 1.82 bits per heavy atom. The van der Waals surface area contributed by atoms with E-state index in [1.54, 1.807) is 12.4 Å². The fraction of sp³-hybridized carbons (Fsp3) is 0.167. The number of aliphatic hydroxyl groups excluding tert-OH is 1. The average Bonchev–Trinajstić information content (AvgIpc) is 2.39. The summed E-state index contributed by atoms with van der Waals surface area (Å²) in [7, 11) is 0. The summed E-state index contributed by atoms with van der Waals surface area (Å²) in [5.41, 5.74) is 0.880. The molecule has 4 nitrogen and oxygen atoms in total. The first-order valence-electron chi connectivity index (χ1n) is 5.20. The molecule has 1 unspecified atom stereocenters. The molecule has 1 aromatic heterocycles. The van der Waals surface area contributed by atoms with E-state index in [0.717, 1.165) is 9.13 Å². The highest BCUT2D eigenvalue weighted by molar-refractivity contribution is 14.1. The van der Waals surface area contributed by atoms with E-state index in [0.29, 0.717) is 12.5 Å². The third-order valence-electron chi connectivity index (χ3n) is 2.26. The van der Waals surface area contributed by atoms with Crippen molar-refractivity contribution in [1.82, 2.24) is 9.97 Å². The summed E-state index contributed by atoms with van der Waals surface area (Å²) in [6, 6.07) is 9.51. The Balaban J connectivity index is 1.92. The van der Waals surface area contributed by atoms with Crippen LogP contribution in [0.5, 0.6) is 0 Å². The highest BCUT2D eigenvalue weighted by Crippen LogP contribution is 2.12. The Bertz CT molecular complexity index is 461. The zero-order valence-electron chi connectivity index (χ0n) is 9.05. The molecule has 1 atom stereocenters. The third kappa shape index (κ3) is 3.64. The van der Waals surface area contributed by atoms with Gasteiger partial charge in [-0.1, -0.05) is 30.3 Å². The van der Waals surface area contributed by atoms with Gasteiger partial charge in [0, 0.05) is 22.5 Å². The standard InChI is InChI=1S/C12H12IN3O/c13-10-6-14-12(15-7-10)16-8-11(17)9-4-2-1-3-5-9/h1-7,11,17H,8H2,(H,14,15,16). The second kappa shape index (κ2) is 5.92. The Kier molecular flexibility index (Phi) is 4.27. The maximum absolute atomic E-state index is 9.92. The number of aromatic nitrogens is 2. The van der Waals surface area contributed by atoms with Crippen molar-refractivity contribution in [3.8, 4) is 0 Å². The van der Waals surface area contributed by atoms with Crippen molar-refractivity contribution in [2.75, 3.05) is 11.9 Å². The second-order valence-corrected chi connectivity index (χ2v) is 4.78. The summed E-state index contributed by atoms with van der Waals surface area (Å²) < 4.78 is 0.983. The lowest BCUT2D eigenvalue weighted by Crippen LogP contribution is -2.13. The van der Waals surface area contributed by atoms with Crippen LogP contribution < -0.4 is 5.32 Å². The van der Waals surface area contributed by atoms with Gasteiger partial charge in [-0.25, -0.2) is 9.97 Å². The molecule has 0 saturated heterocycles. The van der Waals surface area contributed by atoms with E-state index < -0.39 is 6.10 Å². The SMILES string of the molecule is OC(CNc1ncc(I)cn1)c1ccccc1. The van der Waals surface area contributed by atoms with Crippen LogP contribution in [0.3, 0.4) is 0 Å². The zero-order chi connectivity index (χ0) is 12.1. The van der Waals surface area contributed by atoms with Crippen molar-refractivity contribution >= 4 is 28.5 Å². The summed E-state index contributed by atoms with van der Waals surface area (Å²) in [6.45, 7) is 0.393. The first-order valence-corrected chi connectivity index (χ1v) is 6.28. The van der Waals surface area contributed by atoms with E-state index in [1.165, 1.54) is 0 Å². The quantitative estimate of drug-likeness (QED) is 0.838. The highest BCUT2D eigenvalue weighted by Gasteiger charge is 2.06. The topological polar surface area (TPSA) is 58.0 Å². The number of halogens is 1. The second-order valence-electron chi connectivity index (χ2n) is 3.53. The molecule has 0 radical (unpaired) electrons. The van der Waals surface area contributed by atoms with Crippen LogP contribution in [0.25, 0.3) is 0 Å². The molecule has 0 bridgehead atoms. The fourth-order valence-corrected chi connectivity index (χ4v) is 1.66. The van der Waals surface area contributed by atoms with E-state index >= 15 is 0 Å². The number of hydrogen-bond donors (Lipinski definition) is 2. The van der Waals surface area contributed by atoms with E-state index in [9.17, 15) is 5.11 Å². The predicted octanol–water partition coefficient (Wildman–Crippen LogP) is 2.23. The number of benzene rings is 1. The maximum atomic E-state index is 9.92. The van der Waals surface area contributed by atoms with Gasteiger partial charge in [0.2, 0.25) is 5.95 Å². The van der Waals surface area contributed by atoms with Crippen molar-refractivity contribution in [1.29, 1.82) is 0 Å². The smallest absolute Gasteiger partial charge is 0.222 e. The van der Waals surface area contributed by atoms with E-state index in [-0.39, 0.29) is 0 Å². The van der Waals surface area contributed by atoms with Gasteiger partial charge < -0.3 is 10.4 Å². The van der Waals surface area contributed by atoms with Crippen LogP contribution in [0.4, 0.5) is 5.95 Å². The number of nitrogens with zero attached hydrogens (tertiary/aromatic N) is 2. The maximum Gasteiger partial charge on any atom is 0.222 e. The van der Waals surface area contributed by atoms with Crippen molar-refractivity contribution in [3.05, 3.63) is 51.9 Å². The first kappa shape index (κ1) is 12.3. The minimum atomic E-state index is -0.556. The first-order chi connectivity index (χ1) is 8.25. The number of aliphatic hydroxyl groups is 1. The Morgan fingerprint density at radius 1 is 1.18 bits per heavy atom. The van der Waals surface area contributed by atoms with Crippen LogP contribution in [0.1, 0.15) is 11.7 Å². The molecule has 0 aliphatic heterocycles. The normalized spacial score (nSPS) is 12.1. The van der Waals surface area contributed by atoms with Crippen LogP contribution in [0.15, 0.2) is 42.7 Å². The third-order valence-corrected chi connectivity index (χ3v) is 2.82. The van der Waals surface area contributed by atoms with Crippen molar-refractivity contribution in [2.45, 2.75) is 6.10 Å². The number of anilines is 1. The lowest BCUT2D eigenvalue weighted by atomic mass is 10.1. The van der Waals surface area contributed by atoms with Crippen molar-refractivity contribution in [3.63, 3.8) is 0 Å². The van der Waals surface area contributed by atoms with Crippen molar-refractivity contribution < 1.29 is 5.11 Å². The van der Waals surface area contributed by atoms with Gasteiger partial charge in [-0.3, -0.25) is 0 Å². The minimum Gasteiger partial charge on any atom is -0.387 e. The Morgan fingerprint density at radius 3 is 2.47 bits per heavy atom. The summed E-state index contributed by atoms with van der Waals surface area (Å²) in [5, 5.41) is 12.9. The van der Waals surface area contributed by atoms with Crippen molar-refractivity contribution in [2.24, 2.45) is 0 Å². The van der Waals surface area contributed by atoms with Gasteiger partial charge in [0.15, 0.2) is 0 Å². The van der Waals surface area contributed by atoms with Crippen LogP contribution in [0.2, 0.25) is 0 Å². The average molecular weight is 341 g/mol. The Hall–Kier alpha value is -1.21. The molecule has 1 heterocycles. The summed E-state index contributed by atoms with van der Waals surface area (Å²) in [5.74, 6) is 0.528. The molecule has 5 heteroatoms. The molecule has 0 saturated carbocycles. The zero-order valence-corrected chi connectivity index (χ0v) is 11.2. The van der Waals surface area contributed by atoms with Gasteiger partial charge >= 0.3 is 0 Å². The molecule has 2 rings (SSSR count). The van der Waals surface area contributed by atoms with Crippen LogP contribution >= 0.6 is 22.6 Å². The van der Waals surface area contributed by atoms with Gasteiger partial charge in [0.1, 0.15) is 0 Å². The fourth-order valence-electron chi connectivity index (χ4n) is 1.38. The minimum absolute atomic E-state index is 0.393. The predicted molar refractivity (Wildman–Crippen MR) is 74.6 cm³/mol. The molecule has 88 valence electrons. The van der Waals surface area contributed by atoms with Gasteiger partial charge in [0.05, 0.1) is 6.10 Å². The molecule has 0 fully saturated rings. The molecule has 17 heavy (non-hydrogen) atoms. The lowest BCUT2D eigenvalue weighted by Gasteiger charge is -2.11. The van der Waals surface area contributed by atoms with E-state index in [1.807, 2.05) is 30.3 Å². The summed E-state index contributed by atoms with van der Waals surface area (Å²) >= 11 is 2.15. The monoisotopic (exact) mass is 341 g/mol. The van der Waals surface area contributed by atoms with Gasteiger partial charge in [-0.15, -0.1) is 0 Å². The summed E-state index contributed by atoms with van der Waals surface area (Å²) in [6.07, 6.45) is 2.90. The highest BCUT2D eigenvalue weighted by atomic mass is 127. The molecule has 2 N–H and O–H groups in total. The largest absolute Gasteiger partial charge is 0.387 e. The molecule has 0 aliphatic carbocycles. The number of hydrogen-bond acceptors (Lipinski definition) is 4. The van der Waals surface area contributed by atoms with Crippen LogP contribution in [-0.4, -0.2) is 21.6 Å². The van der Waals surface area contributed by atoms with Crippen LogP contribution in [0, 0.1) is 3.57 Å². The van der Waals surface area contributed by atoms with E-state index in [4.69, 9.17) is 0 Å². The number of nitrogens with one attached hydrogen (secondary N) is 1. The molecule has 1 aromatic carbocycles. The van der Waals surface area contributed by atoms with Gasteiger partial charge in [-0.05, 0) is 28.2 Å². The van der Waals surface area contributed by atoms with E-state index in [2.05, 4.69) is 37.9 Å². The molecule has 0 amide bonds. The molecule has 0 spiro atoms. The molecule has 0 aliphatic rings. The van der Waals surface area contributed by atoms with Gasteiger partial charge in [-0.2, -0.15) is 0 Å². The lowest BCUT2D eigenvalue weighted by molar-refractivity contribution is 0.191. The molecular formula is C12H12IN3O. The van der Waals surface area contributed by atoms with Gasteiger partial charge in [0.25, 0.3) is 0 Å².